The molecule has 21 heavy (non-hydrogen) atoms. The number of carbonyl (C=O) groups excluding carboxylic acids is 1. The fraction of sp³-hybridized carbons (Fsp3) is 0.846. The van der Waals surface area contributed by atoms with Crippen LogP contribution < -0.4 is 10.6 Å². The van der Waals surface area contributed by atoms with Gasteiger partial charge in [-0.25, -0.2) is 13.2 Å². The van der Waals surface area contributed by atoms with Crippen molar-refractivity contribution in [2.45, 2.75) is 32.6 Å². The van der Waals surface area contributed by atoms with Crippen molar-refractivity contribution >= 4 is 21.8 Å². The minimum absolute atomic E-state index is 0.00948. The SMILES string of the molecule is CC(CCNC(=O)NCC1CCS(=O)(=O)C1)CCC(=O)O. The third-order valence-electron chi connectivity index (χ3n) is 3.65. The number of rotatable bonds is 8. The van der Waals surface area contributed by atoms with Gasteiger partial charge in [0, 0.05) is 19.5 Å². The van der Waals surface area contributed by atoms with Crippen LogP contribution in [-0.4, -0.2) is 50.1 Å². The number of nitrogens with one attached hydrogen (secondary N) is 2. The molecular formula is C13H24N2O5S. The molecule has 0 aliphatic carbocycles. The predicted octanol–water partition coefficient (Wildman–Crippen LogP) is 0.611. The van der Waals surface area contributed by atoms with E-state index in [0.717, 1.165) is 6.42 Å². The third-order valence-corrected chi connectivity index (χ3v) is 5.49. The van der Waals surface area contributed by atoms with E-state index in [0.29, 0.717) is 25.9 Å². The number of aliphatic carboxylic acids is 1. The number of urea groups is 1. The van der Waals surface area contributed by atoms with Crippen molar-refractivity contribution < 1.29 is 23.1 Å². The molecule has 0 radical (unpaired) electrons. The first-order valence-electron chi connectivity index (χ1n) is 7.22. The molecular weight excluding hydrogens is 296 g/mol. The highest BCUT2D eigenvalue weighted by Crippen LogP contribution is 2.17. The Hall–Kier alpha value is -1.31. The molecule has 1 rings (SSSR count). The highest BCUT2D eigenvalue weighted by Gasteiger charge is 2.27. The lowest BCUT2D eigenvalue weighted by Crippen LogP contribution is -2.39. The predicted molar refractivity (Wildman–Crippen MR) is 78.8 cm³/mol. The normalized spacial score (nSPS) is 21.7. The zero-order valence-electron chi connectivity index (χ0n) is 12.3. The lowest BCUT2D eigenvalue weighted by molar-refractivity contribution is -0.137. The highest BCUT2D eigenvalue weighted by atomic mass is 32.2. The summed E-state index contributed by atoms with van der Waals surface area (Å²) in [5, 5.41) is 13.9. The molecule has 2 amide bonds. The maximum Gasteiger partial charge on any atom is 0.314 e. The zero-order chi connectivity index (χ0) is 15.9. The number of hydrogen-bond donors (Lipinski definition) is 3. The van der Waals surface area contributed by atoms with E-state index in [4.69, 9.17) is 5.11 Å². The van der Waals surface area contributed by atoms with Gasteiger partial charge in [0.1, 0.15) is 0 Å². The fourth-order valence-corrected chi connectivity index (χ4v) is 4.14. The molecule has 122 valence electrons. The Balaban J connectivity index is 2.08. The van der Waals surface area contributed by atoms with E-state index in [2.05, 4.69) is 10.6 Å². The maximum atomic E-state index is 11.5. The molecule has 2 unspecified atom stereocenters. The van der Waals surface area contributed by atoms with Crippen molar-refractivity contribution in [1.29, 1.82) is 0 Å². The largest absolute Gasteiger partial charge is 0.481 e. The van der Waals surface area contributed by atoms with Crippen LogP contribution in [0, 0.1) is 11.8 Å². The van der Waals surface area contributed by atoms with Gasteiger partial charge in [0.05, 0.1) is 11.5 Å². The lowest BCUT2D eigenvalue weighted by atomic mass is 10.0. The van der Waals surface area contributed by atoms with Crippen LogP contribution in [0.2, 0.25) is 0 Å². The van der Waals surface area contributed by atoms with Crippen LogP contribution in [-0.2, 0) is 14.6 Å². The van der Waals surface area contributed by atoms with Crippen molar-refractivity contribution in [3.05, 3.63) is 0 Å². The molecule has 0 bridgehead atoms. The van der Waals surface area contributed by atoms with E-state index >= 15 is 0 Å². The fourth-order valence-electron chi connectivity index (χ4n) is 2.28. The van der Waals surface area contributed by atoms with Gasteiger partial charge in [0.2, 0.25) is 0 Å². The van der Waals surface area contributed by atoms with Gasteiger partial charge in [0.25, 0.3) is 0 Å². The van der Waals surface area contributed by atoms with Crippen molar-refractivity contribution in [3.8, 4) is 0 Å². The molecule has 0 saturated carbocycles. The number of amides is 2. The number of hydrogen-bond acceptors (Lipinski definition) is 4. The molecule has 0 aromatic heterocycles. The Morgan fingerprint density at radius 3 is 2.57 bits per heavy atom. The van der Waals surface area contributed by atoms with E-state index < -0.39 is 15.8 Å². The first-order valence-corrected chi connectivity index (χ1v) is 9.04. The Kier molecular flexibility index (Phi) is 6.94. The van der Waals surface area contributed by atoms with Crippen LogP contribution >= 0.6 is 0 Å². The van der Waals surface area contributed by atoms with Gasteiger partial charge in [-0.1, -0.05) is 6.92 Å². The number of carbonyl (C=O) groups is 2. The van der Waals surface area contributed by atoms with Gasteiger partial charge < -0.3 is 15.7 Å². The van der Waals surface area contributed by atoms with Crippen LogP contribution in [0.4, 0.5) is 4.79 Å². The van der Waals surface area contributed by atoms with Crippen LogP contribution in [0.15, 0.2) is 0 Å². The molecule has 1 fully saturated rings. The molecule has 0 aromatic rings. The monoisotopic (exact) mass is 320 g/mol. The molecule has 7 nitrogen and oxygen atoms in total. The summed E-state index contributed by atoms with van der Waals surface area (Å²) in [7, 11) is -2.90. The summed E-state index contributed by atoms with van der Waals surface area (Å²) < 4.78 is 22.5. The average molecular weight is 320 g/mol. The summed E-state index contributed by atoms with van der Waals surface area (Å²) in [4.78, 5) is 22.0. The van der Waals surface area contributed by atoms with Crippen LogP contribution in [0.5, 0.6) is 0 Å². The molecule has 1 aliphatic rings. The topological polar surface area (TPSA) is 113 Å². The molecule has 1 aliphatic heterocycles. The van der Waals surface area contributed by atoms with E-state index in [1.165, 1.54) is 0 Å². The van der Waals surface area contributed by atoms with Crippen molar-refractivity contribution in [1.82, 2.24) is 10.6 Å². The summed E-state index contributed by atoms with van der Waals surface area (Å²) in [6.45, 7) is 2.81. The first kappa shape index (κ1) is 17.7. The first-order chi connectivity index (χ1) is 9.78. The van der Waals surface area contributed by atoms with Crippen LogP contribution in [0.1, 0.15) is 32.6 Å². The minimum atomic E-state index is -2.90. The Morgan fingerprint density at radius 2 is 2.00 bits per heavy atom. The number of carboxylic acid groups (broad SMARTS) is 1. The molecule has 0 aromatic carbocycles. The molecule has 1 heterocycles. The second kappa shape index (κ2) is 8.21. The average Bonchev–Trinajstić information content (AvgIpc) is 2.73. The Bertz CT molecular complexity index is 463. The summed E-state index contributed by atoms with van der Waals surface area (Å²) in [6.07, 6.45) is 2.06. The number of carboxylic acids is 1. The van der Waals surface area contributed by atoms with Gasteiger partial charge >= 0.3 is 12.0 Å². The zero-order valence-corrected chi connectivity index (χ0v) is 13.1. The van der Waals surface area contributed by atoms with E-state index in [-0.39, 0.29) is 35.8 Å². The lowest BCUT2D eigenvalue weighted by Gasteiger charge is -2.13. The highest BCUT2D eigenvalue weighted by molar-refractivity contribution is 7.91. The van der Waals surface area contributed by atoms with E-state index in [1.54, 1.807) is 0 Å². The van der Waals surface area contributed by atoms with Crippen molar-refractivity contribution in [2.24, 2.45) is 11.8 Å². The smallest absolute Gasteiger partial charge is 0.314 e. The van der Waals surface area contributed by atoms with Crippen molar-refractivity contribution in [2.75, 3.05) is 24.6 Å². The quantitative estimate of drug-likeness (QED) is 0.606. The molecule has 3 N–H and O–H groups in total. The second-order valence-corrected chi connectivity index (χ2v) is 7.96. The summed E-state index contributed by atoms with van der Waals surface area (Å²) in [6, 6.07) is -0.301. The van der Waals surface area contributed by atoms with Crippen LogP contribution in [0.3, 0.4) is 0 Å². The standard InChI is InChI=1S/C13H24N2O5S/c1-10(2-3-12(16)17)4-6-14-13(18)15-8-11-5-7-21(19,20)9-11/h10-11H,2-9H2,1H3,(H,16,17)(H2,14,15,18). The summed E-state index contributed by atoms with van der Waals surface area (Å²) >= 11 is 0. The molecule has 1 saturated heterocycles. The van der Waals surface area contributed by atoms with Gasteiger partial charge in [-0.05, 0) is 31.1 Å². The molecule has 8 heteroatoms. The Labute approximate surface area is 125 Å². The summed E-state index contributed by atoms with van der Waals surface area (Å²) in [5.74, 6) is -0.197. The van der Waals surface area contributed by atoms with E-state index in [1.807, 2.05) is 6.92 Å². The molecule has 0 spiro atoms. The minimum Gasteiger partial charge on any atom is -0.481 e. The maximum absolute atomic E-state index is 11.5. The number of sulfone groups is 1. The van der Waals surface area contributed by atoms with Gasteiger partial charge in [-0.3, -0.25) is 4.79 Å². The molecule has 2 atom stereocenters. The van der Waals surface area contributed by atoms with Crippen LogP contribution in [0.25, 0.3) is 0 Å². The van der Waals surface area contributed by atoms with Gasteiger partial charge in [-0.2, -0.15) is 0 Å². The second-order valence-electron chi connectivity index (χ2n) is 5.73. The van der Waals surface area contributed by atoms with Gasteiger partial charge in [-0.15, -0.1) is 0 Å². The third kappa shape index (κ3) is 7.89. The van der Waals surface area contributed by atoms with Crippen molar-refractivity contribution in [3.63, 3.8) is 0 Å². The Morgan fingerprint density at radius 1 is 1.29 bits per heavy atom. The van der Waals surface area contributed by atoms with Gasteiger partial charge in [0.15, 0.2) is 9.84 Å². The summed E-state index contributed by atoms with van der Waals surface area (Å²) in [5.41, 5.74) is 0. The van der Waals surface area contributed by atoms with E-state index in [9.17, 15) is 18.0 Å².